The Morgan fingerprint density at radius 3 is 2.55 bits per heavy atom. The maximum absolute atomic E-state index is 13.6. The largest absolute Gasteiger partial charge is 0.492 e. The van der Waals surface area contributed by atoms with E-state index in [-0.39, 0.29) is 36.7 Å². The van der Waals surface area contributed by atoms with E-state index in [2.05, 4.69) is 5.32 Å². The molecule has 0 saturated heterocycles. The number of hydrogen-bond acceptors (Lipinski definition) is 3. The molecule has 168 valence electrons. The SMILES string of the molecule is O=C(CN1C(=O)[C@@]2(COc3ccccc3)C[C@H]2c2ccccc21)NCCc1ccc(F)cc1. The van der Waals surface area contributed by atoms with Gasteiger partial charge in [-0.2, -0.15) is 0 Å². The zero-order chi connectivity index (χ0) is 22.8. The molecule has 1 aliphatic carbocycles. The number of carbonyl (C=O) groups excluding carboxylic acids is 2. The Labute approximate surface area is 192 Å². The van der Waals surface area contributed by atoms with Crippen LogP contribution in [0.5, 0.6) is 5.75 Å². The van der Waals surface area contributed by atoms with Crippen molar-refractivity contribution in [2.24, 2.45) is 5.41 Å². The number of rotatable bonds is 8. The van der Waals surface area contributed by atoms with Crippen molar-refractivity contribution >= 4 is 17.5 Å². The van der Waals surface area contributed by atoms with Crippen molar-refractivity contribution in [3.63, 3.8) is 0 Å². The average molecular weight is 445 g/mol. The van der Waals surface area contributed by atoms with Crippen LogP contribution in [-0.2, 0) is 16.0 Å². The van der Waals surface area contributed by atoms with Crippen LogP contribution in [0.3, 0.4) is 0 Å². The molecular weight excluding hydrogens is 419 g/mol. The molecule has 2 aliphatic rings. The Balaban J connectivity index is 1.26. The summed E-state index contributed by atoms with van der Waals surface area (Å²) in [5.41, 5.74) is 2.20. The van der Waals surface area contributed by atoms with Crippen LogP contribution in [0, 0.1) is 11.2 Å². The number of carbonyl (C=O) groups is 2. The minimum Gasteiger partial charge on any atom is -0.492 e. The van der Waals surface area contributed by atoms with Crippen LogP contribution in [0.25, 0.3) is 0 Å². The molecule has 0 spiro atoms. The molecule has 0 bridgehead atoms. The zero-order valence-electron chi connectivity index (χ0n) is 18.2. The van der Waals surface area contributed by atoms with Crippen molar-refractivity contribution in [3.8, 4) is 5.75 Å². The topological polar surface area (TPSA) is 58.6 Å². The number of benzene rings is 3. The molecule has 0 aromatic heterocycles. The molecule has 2 atom stereocenters. The van der Waals surface area contributed by atoms with Crippen molar-refractivity contribution in [1.29, 1.82) is 0 Å². The fraction of sp³-hybridized carbons (Fsp3) is 0.259. The lowest BCUT2D eigenvalue weighted by Crippen LogP contribution is -2.48. The lowest BCUT2D eigenvalue weighted by Gasteiger charge is -2.33. The summed E-state index contributed by atoms with van der Waals surface area (Å²) in [6.45, 7) is 0.662. The Hall–Kier alpha value is -3.67. The van der Waals surface area contributed by atoms with Gasteiger partial charge < -0.3 is 15.0 Å². The van der Waals surface area contributed by atoms with Gasteiger partial charge >= 0.3 is 0 Å². The standard InChI is InChI=1S/C27H25FN2O3/c28-20-12-10-19(11-13-20)14-15-29-25(31)17-30-24-9-5-4-8-22(24)23-16-27(23,26(30)32)18-33-21-6-2-1-3-7-21/h1-13,23H,14-18H2,(H,29,31)/t23-,27+/m0/s1. The number of nitrogens with one attached hydrogen (secondary N) is 1. The first-order chi connectivity index (χ1) is 16.1. The van der Waals surface area contributed by atoms with Gasteiger partial charge in [0, 0.05) is 18.2 Å². The molecule has 33 heavy (non-hydrogen) atoms. The second-order valence-electron chi connectivity index (χ2n) is 8.69. The molecule has 1 saturated carbocycles. The highest BCUT2D eigenvalue weighted by atomic mass is 19.1. The highest BCUT2D eigenvalue weighted by Crippen LogP contribution is 2.65. The van der Waals surface area contributed by atoms with Crippen LogP contribution >= 0.6 is 0 Å². The first-order valence-corrected chi connectivity index (χ1v) is 11.2. The summed E-state index contributed by atoms with van der Waals surface area (Å²) in [6.07, 6.45) is 1.31. The van der Waals surface area contributed by atoms with Crippen molar-refractivity contribution in [1.82, 2.24) is 5.32 Å². The number of ether oxygens (including phenoxy) is 1. The second-order valence-corrected chi connectivity index (χ2v) is 8.69. The molecule has 3 aromatic rings. The first kappa shape index (κ1) is 21.2. The molecular formula is C27H25FN2O3. The second kappa shape index (κ2) is 8.70. The third-order valence-electron chi connectivity index (χ3n) is 6.54. The van der Waals surface area contributed by atoms with E-state index in [0.29, 0.717) is 13.0 Å². The molecule has 0 radical (unpaired) electrons. The van der Waals surface area contributed by atoms with Gasteiger partial charge in [0.05, 0.1) is 5.41 Å². The molecule has 1 aliphatic heterocycles. The predicted molar refractivity (Wildman–Crippen MR) is 124 cm³/mol. The molecule has 1 fully saturated rings. The molecule has 3 aromatic carbocycles. The van der Waals surface area contributed by atoms with Gasteiger partial charge in [-0.15, -0.1) is 0 Å². The van der Waals surface area contributed by atoms with Gasteiger partial charge in [-0.05, 0) is 54.3 Å². The van der Waals surface area contributed by atoms with Crippen LogP contribution < -0.4 is 15.0 Å². The lowest BCUT2D eigenvalue weighted by atomic mass is 9.92. The van der Waals surface area contributed by atoms with Crippen LogP contribution in [0.4, 0.5) is 10.1 Å². The van der Waals surface area contributed by atoms with Gasteiger partial charge in [0.25, 0.3) is 0 Å². The van der Waals surface area contributed by atoms with Gasteiger partial charge in [0.15, 0.2) is 0 Å². The number of hydrogen-bond donors (Lipinski definition) is 1. The van der Waals surface area contributed by atoms with Crippen molar-refractivity contribution in [3.05, 3.63) is 95.8 Å². The highest BCUT2D eigenvalue weighted by molar-refractivity contribution is 6.07. The number of fused-ring (bicyclic) bond motifs is 3. The van der Waals surface area contributed by atoms with E-state index in [1.54, 1.807) is 17.0 Å². The third kappa shape index (κ3) is 4.21. The third-order valence-corrected chi connectivity index (χ3v) is 6.54. The summed E-state index contributed by atoms with van der Waals surface area (Å²) >= 11 is 0. The summed E-state index contributed by atoms with van der Waals surface area (Å²) in [6, 6.07) is 23.5. The van der Waals surface area contributed by atoms with Gasteiger partial charge in [0.2, 0.25) is 11.8 Å². The summed E-state index contributed by atoms with van der Waals surface area (Å²) in [4.78, 5) is 27.9. The predicted octanol–water partition coefficient (Wildman–Crippen LogP) is 4.08. The minimum absolute atomic E-state index is 0.0426. The fourth-order valence-corrected chi connectivity index (χ4v) is 4.66. The molecule has 5 nitrogen and oxygen atoms in total. The van der Waals surface area contributed by atoms with Gasteiger partial charge in [0.1, 0.15) is 24.7 Å². The Bertz CT molecular complexity index is 1170. The Kier molecular flexibility index (Phi) is 5.58. The van der Waals surface area contributed by atoms with Gasteiger partial charge in [-0.1, -0.05) is 48.5 Å². The molecule has 1 heterocycles. The number of anilines is 1. The van der Waals surface area contributed by atoms with Crippen molar-refractivity contribution < 1.29 is 18.7 Å². The van der Waals surface area contributed by atoms with Crippen LogP contribution in [-0.4, -0.2) is 31.5 Å². The summed E-state index contributed by atoms with van der Waals surface area (Å²) in [5, 5.41) is 2.89. The number of halogens is 1. The average Bonchev–Trinajstić information content (AvgIpc) is 3.59. The normalized spacial score (nSPS) is 20.6. The molecule has 2 amide bonds. The number of nitrogens with zero attached hydrogens (tertiary/aromatic N) is 1. The molecule has 0 unspecified atom stereocenters. The molecule has 6 heteroatoms. The smallest absolute Gasteiger partial charge is 0.240 e. The molecule has 1 N–H and O–H groups in total. The summed E-state index contributed by atoms with van der Waals surface area (Å²) < 4.78 is 19.0. The maximum atomic E-state index is 13.6. The lowest BCUT2D eigenvalue weighted by molar-refractivity contribution is -0.128. The van der Waals surface area contributed by atoms with E-state index in [1.165, 1.54) is 12.1 Å². The minimum atomic E-state index is -0.626. The van der Waals surface area contributed by atoms with Crippen LogP contribution in [0.2, 0.25) is 0 Å². The molecule has 5 rings (SSSR count). The maximum Gasteiger partial charge on any atom is 0.240 e. The first-order valence-electron chi connectivity index (χ1n) is 11.2. The summed E-state index contributed by atoms with van der Waals surface area (Å²) in [5.74, 6) is 0.278. The van der Waals surface area contributed by atoms with E-state index in [9.17, 15) is 14.0 Å². The van der Waals surface area contributed by atoms with Crippen molar-refractivity contribution in [2.45, 2.75) is 18.8 Å². The van der Waals surface area contributed by atoms with E-state index >= 15 is 0 Å². The van der Waals surface area contributed by atoms with Gasteiger partial charge in [-0.3, -0.25) is 9.59 Å². The zero-order valence-corrected chi connectivity index (χ0v) is 18.2. The highest BCUT2D eigenvalue weighted by Gasteiger charge is 2.66. The van der Waals surface area contributed by atoms with Crippen LogP contribution in [0.15, 0.2) is 78.9 Å². The van der Waals surface area contributed by atoms with E-state index in [1.807, 2.05) is 54.6 Å². The quantitative estimate of drug-likeness (QED) is 0.570. The monoisotopic (exact) mass is 444 g/mol. The number of para-hydroxylation sites is 2. The van der Waals surface area contributed by atoms with E-state index in [4.69, 9.17) is 4.74 Å². The Morgan fingerprint density at radius 2 is 1.76 bits per heavy atom. The van der Waals surface area contributed by atoms with Crippen LogP contribution in [0.1, 0.15) is 23.5 Å². The Morgan fingerprint density at radius 1 is 1.03 bits per heavy atom. The number of amides is 2. The van der Waals surface area contributed by atoms with Gasteiger partial charge in [-0.25, -0.2) is 4.39 Å². The van der Waals surface area contributed by atoms with Crippen molar-refractivity contribution in [2.75, 3.05) is 24.6 Å². The fourth-order valence-electron chi connectivity index (χ4n) is 4.66. The van der Waals surface area contributed by atoms with E-state index in [0.717, 1.165) is 29.0 Å². The van der Waals surface area contributed by atoms with E-state index < -0.39 is 5.41 Å². The summed E-state index contributed by atoms with van der Waals surface area (Å²) in [7, 11) is 0.